The van der Waals surface area contributed by atoms with Crippen molar-refractivity contribution in [3.8, 4) is 11.5 Å². The molecule has 21 heavy (non-hydrogen) atoms. The summed E-state index contributed by atoms with van der Waals surface area (Å²) in [6.45, 7) is 0. The van der Waals surface area contributed by atoms with E-state index < -0.39 is 11.6 Å². The second-order valence-corrected chi connectivity index (χ2v) is 3.99. The molecule has 2 aromatic carbocycles. The van der Waals surface area contributed by atoms with E-state index in [9.17, 15) is 8.78 Å². The van der Waals surface area contributed by atoms with Crippen LogP contribution in [0.5, 0.6) is 11.5 Å². The molecule has 0 aliphatic carbocycles. The second kappa shape index (κ2) is 6.47. The molecule has 0 aromatic heterocycles. The standard InChI is InChI=1S/C14H12F2N4O/c15-10-3-1-2-4-12(10)21-13-6-5-9(7-11(13)16)8-19-20-14(17)18/h1-8H,(H4,17,18,20)/b19-8+. The van der Waals surface area contributed by atoms with Gasteiger partial charge >= 0.3 is 0 Å². The van der Waals surface area contributed by atoms with Crippen molar-refractivity contribution >= 4 is 12.2 Å². The second-order valence-electron chi connectivity index (χ2n) is 3.99. The molecule has 0 atom stereocenters. The number of benzene rings is 2. The lowest BCUT2D eigenvalue weighted by atomic mass is 10.2. The van der Waals surface area contributed by atoms with Crippen LogP contribution in [0.15, 0.2) is 52.7 Å². The number of guanidine groups is 1. The van der Waals surface area contributed by atoms with Crippen LogP contribution in [-0.4, -0.2) is 12.2 Å². The van der Waals surface area contributed by atoms with Gasteiger partial charge in [0.1, 0.15) is 0 Å². The Labute approximate surface area is 119 Å². The summed E-state index contributed by atoms with van der Waals surface area (Å²) >= 11 is 0. The molecule has 0 bridgehead atoms. The molecule has 2 aromatic rings. The fourth-order valence-electron chi connectivity index (χ4n) is 1.49. The van der Waals surface area contributed by atoms with Crippen LogP contribution in [0.3, 0.4) is 0 Å². The molecule has 0 spiro atoms. The van der Waals surface area contributed by atoms with Crippen LogP contribution in [0.2, 0.25) is 0 Å². The van der Waals surface area contributed by atoms with Gasteiger partial charge in [0.2, 0.25) is 5.96 Å². The Balaban J connectivity index is 2.18. The SMILES string of the molecule is NC(N)=N/N=C/c1ccc(Oc2ccccc2F)c(F)c1. The van der Waals surface area contributed by atoms with Gasteiger partial charge in [-0.25, -0.2) is 8.78 Å². The highest BCUT2D eigenvalue weighted by Gasteiger charge is 2.08. The van der Waals surface area contributed by atoms with Gasteiger partial charge < -0.3 is 16.2 Å². The zero-order valence-corrected chi connectivity index (χ0v) is 10.8. The van der Waals surface area contributed by atoms with E-state index >= 15 is 0 Å². The Kier molecular flexibility index (Phi) is 4.45. The Morgan fingerprint density at radius 1 is 1.00 bits per heavy atom. The molecule has 0 aliphatic rings. The van der Waals surface area contributed by atoms with Crippen LogP contribution < -0.4 is 16.2 Å². The molecule has 0 saturated heterocycles. The van der Waals surface area contributed by atoms with Gasteiger partial charge in [-0.15, -0.1) is 5.10 Å². The number of ether oxygens (including phenoxy) is 1. The topological polar surface area (TPSA) is 86.0 Å². The van der Waals surface area contributed by atoms with Crippen molar-refractivity contribution in [1.29, 1.82) is 0 Å². The van der Waals surface area contributed by atoms with Crippen LogP contribution >= 0.6 is 0 Å². The first-order valence-electron chi connectivity index (χ1n) is 5.90. The highest BCUT2D eigenvalue weighted by molar-refractivity contribution is 5.81. The van der Waals surface area contributed by atoms with E-state index in [-0.39, 0.29) is 17.5 Å². The van der Waals surface area contributed by atoms with E-state index in [4.69, 9.17) is 16.2 Å². The smallest absolute Gasteiger partial charge is 0.211 e. The molecule has 108 valence electrons. The summed E-state index contributed by atoms with van der Waals surface area (Å²) in [7, 11) is 0. The number of halogens is 2. The molecular formula is C14H12F2N4O. The average Bonchev–Trinajstić information content (AvgIpc) is 2.43. The van der Waals surface area contributed by atoms with E-state index in [1.807, 2.05) is 0 Å². The summed E-state index contributed by atoms with van der Waals surface area (Å²) < 4.78 is 32.5. The van der Waals surface area contributed by atoms with Crippen molar-refractivity contribution in [3.63, 3.8) is 0 Å². The van der Waals surface area contributed by atoms with Crippen LogP contribution in [0.25, 0.3) is 0 Å². The van der Waals surface area contributed by atoms with Crippen molar-refractivity contribution < 1.29 is 13.5 Å². The van der Waals surface area contributed by atoms with Gasteiger partial charge in [0, 0.05) is 0 Å². The maximum absolute atomic E-state index is 13.9. The van der Waals surface area contributed by atoms with Crippen molar-refractivity contribution in [3.05, 3.63) is 59.7 Å². The molecule has 7 heteroatoms. The molecule has 0 fully saturated rings. The number of rotatable bonds is 4. The summed E-state index contributed by atoms with van der Waals surface area (Å²) in [5, 5.41) is 6.95. The fourth-order valence-corrected chi connectivity index (χ4v) is 1.49. The molecule has 0 aliphatic heterocycles. The van der Waals surface area contributed by atoms with Gasteiger partial charge in [0.15, 0.2) is 23.1 Å². The molecule has 5 nitrogen and oxygen atoms in total. The quantitative estimate of drug-likeness (QED) is 0.515. The third-order valence-electron chi connectivity index (χ3n) is 2.39. The third kappa shape index (κ3) is 4.00. The Morgan fingerprint density at radius 2 is 1.71 bits per heavy atom. The molecule has 4 N–H and O–H groups in total. The fraction of sp³-hybridized carbons (Fsp3) is 0. The van der Waals surface area contributed by atoms with Crippen molar-refractivity contribution in [2.75, 3.05) is 0 Å². The lowest BCUT2D eigenvalue weighted by molar-refractivity contribution is 0.414. The number of hydrogen-bond donors (Lipinski definition) is 2. The summed E-state index contributed by atoms with van der Waals surface area (Å²) in [5.41, 5.74) is 10.6. The number of hydrogen-bond acceptors (Lipinski definition) is 3. The molecule has 0 heterocycles. The van der Waals surface area contributed by atoms with Gasteiger partial charge in [-0.2, -0.15) is 5.10 Å². The molecular weight excluding hydrogens is 278 g/mol. The van der Waals surface area contributed by atoms with Gasteiger partial charge in [0.25, 0.3) is 0 Å². The lowest BCUT2D eigenvalue weighted by Gasteiger charge is -2.07. The largest absolute Gasteiger partial charge is 0.451 e. The Bertz CT molecular complexity index is 697. The van der Waals surface area contributed by atoms with E-state index in [0.29, 0.717) is 5.56 Å². The number of para-hydroxylation sites is 1. The monoisotopic (exact) mass is 290 g/mol. The molecule has 0 unspecified atom stereocenters. The third-order valence-corrected chi connectivity index (χ3v) is 2.39. The van der Waals surface area contributed by atoms with E-state index in [1.54, 1.807) is 6.07 Å². The first-order chi connectivity index (χ1) is 10.1. The summed E-state index contributed by atoms with van der Waals surface area (Å²) in [5.74, 6) is -1.59. The van der Waals surface area contributed by atoms with Gasteiger partial charge in [-0.1, -0.05) is 12.1 Å². The minimum absolute atomic E-state index is 0.0571. The minimum Gasteiger partial charge on any atom is -0.451 e. The Hall–Kier alpha value is -2.96. The first kappa shape index (κ1) is 14.4. The molecule has 2 rings (SSSR count). The highest BCUT2D eigenvalue weighted by Crippen LogP contribution is 2.26. The minimum atomic E-state index is -0.660. The zero-order chi connectivity index (χ0) is 15.2. The normalized spacial score (nSPS) is 10.6. The van der Waals surface area contributed by atoms with E-state index in [1.165, 1.54) is 42.6 Å². The molecule has 0 saturated carbocycles. The van der Waals surface area contributed by atoms with Crippen LogP contribution in [0.1, 0.15) is 5.56 Å². The summed E-state index contributed by atoms with van der Waals surface area (Å²) in [4.78, 5) is 0. The number of nitrogens with zero attached hydrogens (tertiary/aromatic N) is 2. The Morgan fingerprint density at radius 3 is 2.38 bits per heavy atom. The van der Waals surface area contributed by atoms with Crippen LogP contribution in [0.4, 0.5) is 8.78 Å². The van der Waals surface area contributed by atoms with Crippen LogP contribution in [0, 0.1) is 11.6 Å². The van der Waals surface area contributed by atoms with Gasteiger partial charge in [0.05, 0.1) is 6.21 Å². The lowest BCUT2D eigenvalue weighted by Crippen LogP contribution is -2.21. The van der Waals surface area contributed by atoms with Crippen molar-refractivity contribution in [2.45, 2.75) is 0 Å². The van der Waals surface area contributed by atoms with Crippen molar-refractivity contribution in [2.24, 2.45) is 21.7 Å². The molecule has 0 amide bonds. The van der Waals surface area contributed by atoms with E-state index in [0.717, 1.165) is 0 Å². The maximum Gasteiger partial charge on any atom is 0.211 e. The first-order valence-corrected chi connectivity index (χ1v) is 5.90. The zero-order valence-electron chi connectivity index (χ0n) is 10.8. The van der Waals surface area contributed by atoms with Crippen molar-refractivity contribution in [1.82, 2.24) is 0 Å². The maximum atomic E-state index is 13.9. The van der Waals surface area contributed by atoms with E-state index in [2.05, 4.69) is 10.2 Å². The van der Waals surface area contributed by atoms with Gasteiger partial charge in [-0.3, -0.25) is 0 Å². The highest BCUT2D eigenvalue weighted by atomic mass is 19.1. The summed E-state index contributed by atoms with van der Waals surface area (Å²) in [6, 6.07) is 9.80. The number of nitrogens with two attached hydrogens (primary N) is 2. The predicted octanol–water partition coefficient (Wildman–Crippen LogP) is 2.36. The average molecular weight is 290 g/mol. The van der Waals surface area contributed by atoms with Gasteiger partial charge in [-0.05, 0) is 35.9 Å². The predicted molar refractivity (Wildman–Crippen MR) is 76.3 cm³/mol. The molecule has 0 radical (unpaired) electrons. The summed E-state index contributed by atoms with van der Waals surface area (Å²) in [6.07, 6.45) is 1.27. The van der Waals surface area contributed by atoms with Crippen LogP contribution in [-0.2, 0) is 0 Å².